The van der Waals surface area contributed by atoms with E-state index in [-0.39, 0.29) is 52.1 Å². The van der Waals surface area contributed by atoms with Gasteiger partial charge in [0, 0.05) is 0 Å². The van der Waals surface area contributed by atoms with Gasteiger partial charge in [-0.1, -0.05) is 73.7 Å². The van der Waals surface area contributed by atoms with E-state index in [1.54, 1.807) is 0 Å². The molecular weight excluding hydrogens is 385 g/mol. The van der Waals surface area contributed by atoms with Gasteiger partial charge in [0.25, 0.3) is 0 Å². The van der Waals surface area contributed by atoms with Gasteiger partial charge in [-0.3, -0.25) is 0 Å². The van der Waals surface area contributed by atoms with Crippen molar-refractivity contribution in [2.45, 2.75) is 39.7 Å². The number of hydrogen-bond acceptors (Lipinski definition) is 0. The number of benzene rings is 2. The fraction of sp³-hybridized carbons (Fsp3) is 0.286. The maximum absolute atomic E-state index is 6.94. The van der Waals surface area contributed by atoms with E-state index in [0.717, 1.165) is 12.0 Å². The van der Waals surface area contributed by atoms with Crippen LogP contribution in [0.1, 0.15) is 45.2 Å². The van der Waals surface area contributed by atoms with Crippen molar-refractivity contribution in [3.63, 3.8) is 0 Å². The molecule has 0 saturated heterocycles. The Morgan fingerprint density at radius 2 is 1.56 bits per heavy atom. The van der Waals surface area contributed by atoms with Gasteiger partial charge in [-0.05, 0) is 13.3 Å². The zero-order chi connectivity index (χ0) is 16.3. The summed E-state index contributed by atoms with van der Waals surface area (Å²) in [5, 5.41) is 2.53. The molecule has 1 nitrogen and oxygen atoms in total. The number of hydrogen-bond donors (Lipinski definition) is 0. The first kappa shape index (κ1) is 26.5. The first-order valence-electron chi connectivity index (χ1n) is 7.72. The SMILES string of the molecule is CC(C)(C)[NH-].[CH2-]c1c(C2=CC(C)=CC2)ccc2ccccc12.[Cl-].[Cl-].[Ti+2]. The smallest absolute Gasteiger partial charge is 1.00 e. The molecule has 1 aliphatic rings. The molecule has 0 amide bonds. The van der Waals surface area contributed by atoms with Gasteiger partial charge in [0.15, 0.2) is 0 Å². The van der Waals surface area contributed by atoms with Crippen molar-refractivity contribution >= 4 is 16.3 Å². The van der Waals surface area contributed by atoms with Crippen LogP contribution in [-0.2, 0) is 21.7 Å². The summed E-state index contributed by atoms with van der Waals surface area (Å²) in [4.78, 5) is 0. The molecule has 1 aliphatic carbocycles. The van der Waals surface area contributed by atoms with E-state index in [4.69, 9.17) is 5.73 Å². The van der Waals surface area contributed by atoms with Crippen LogP contribution in [-0.4, -0.2) is 5.54 Å². The van der Waals surface area contributed by atoms with Crippen LogP contribution in [0.15, 0.2) is 54.1 Å². The Hall–Kier alpha value is -0.696. The number of allylic oxidation sites excluding steroid dienone is 4. The minimum atomic E-state index is -0.250. The zero-order valence-electron chi connectivity index (χ0n) is 15.3. The van der Waals surface area contributed by atoms with Gasteiger partial charge in [0.05, 0.1) is 0 Å². The predicted octanol–water partition coefficient (Wildman–Crippen LogP) is 0.598. The largest absolute Gasteiger partial charge is 2.00 e. The summed E-state index contributed by atoms with van der Waals surface area (Å²) >= 11 is 0. The van der Waals surface area contributed by atoms with Crippen molar-refractivity contribution in [1.82, 2.24) is 0 Å². The van der Waals surface area contributed by atoms with Gasteiger partial charge in [-0.25, -0.2) is 0 Å². The molecule has 0 bridgehead atoms. The third-order valence-electron chi connectivity index (χ3n) is 3.43. The van der Waals surface area contributed by atoms with Gasteiger partial charge in [-0.2, -0.15) is 12.5 Å². The quantitative estimate of drug-likeness (QED) is 0.486. The Labute approximate surface area is 179 Å². The van der Waals surface area contributed by atoms with Crippen LogP contribution in [0.5, 0.6) is 0 Å². The fourth-order valence-corrected chi connectivity index (χ4v) is 2.49. The maximum Gasteiger partial charge on any atom is 2.00 e. The van der Waals surface area contributed by atoms with Gasteiger partial charge in [0.2, 0.25) is 0 Å². The summed E-state index contributed by atoms with van der Waals surface area (Å²) in [5.41, 5.74) is 11.9. The van der Waals surface area contributed by atoms with E-state index in [1.165, 1.54) is 27.5 Å². The molecule has 0 unspecified atom stereocenters. The first-order chi connectivity index (χ1) is 10.3. The number of rotatable bonds is 1. The maximum atomic E-state index is 6.94. The van der Waals surface area contributed by atoms with Crippen molar-refractivity contribution in [2.24, 2.45) is 0 Å². The molecule has 1 N–H and O–H groups in total. The molecule has 0 radical (unpaired) electrons. The summed E-state index contributed by atoms with van der Waals surface area (Å²) in [7, 11) is 0. The van der Waals surface area contributed by atoms with E-state index < -0.39 is 0 Å². The van der Waals surface area contributed by atoms with Crippen LogP contribution < -0.4 is 24.8 Å². The molecule has 134 valence electrons. The second-order valence-electron chi connectivity index (χ2n) is 6.88. The third kappa shape index (κ3) is 8.03. The summed E-state index contributed by atoms with van der Waals surface area (Å²) in [5.74, 6) is 0. The summed E-state index contributed by atoms with van der Waals surface area (Å²) in [6.45, 7) is 12.0. The van der Waals surface area contributed by atoms with Crippen LogP contribution in [0, 0.1) is 6.92 Å². The molecule has 2 aromatic rings. The summed E-state index contributed by atoms with van der Waals surface area (Å²) in [6.07, 6.45) is 5.56. The molecule has 0 spiro atoms. The molecule has 2 aromatic carbocycles. The first-order valence-corrected chi connectivity index (χ1v) is 7.72. The van der Waals surface area contributed by atoms with Crippen molar-refractivity contribution in [3.05, 3.63) is 77.9 Å². The molecule has 0 fully saturated rings. The molecule has 0 heterocycles. The molecule has 0 aliphatic heterocycles. The Kier molecular flexibility index (Phi) is 11.8. The average Bonchev–Trinajstić information content (AvgIpc) is 2.84. The van der Waals surface area contributed by atoms with E-state index in [9.17, 15) is 0 Å². The molecular formula is C21H25Cl2NTi-2. The van der Waals surface area contributed by atoms with Gasteiger partial charge < -0.3 is 30.5 Å². The van der Waals surface area contributed by atoms with E-state index in [0.29, 0.717) is 0 Å². The van der Waals surface area contributed by atoms with E-state index in [2.05, 4.69) is 62.4 Å². The number of fused-ring (bicyclic) bond motifs is 1. The van der Waals surface area contributed by atoms with Gasteiger partial charge >= 0.3 is 21.7 Å². The Morgan fingerprint density at radius 1 is 1.00 bits per heavy atom. The van der Waals surface area contributed by atoms with Crippen molar-refractivity contribution < 1.29 is 46.5 Å². The third-order valence-corrected chi connectivity index (χ3v) is 3.43. The molecule has 0 aromatic heterocycles. The van der Waals surface area contributed by atoms with Crippen LogP contribution in [0.2, 0.25) is 0 Å². The van der Waals surface area contributed by atoms with Gasteiger partial charge in [-0.15, -0.1) is 28.6 Å². The Morgan fingerprint density at radius 3 is 2.08 bits per heavy atom. The van der Waals surface area contributed by atoms with Crippen molar-refractivity contribution in [3.8, 4) is 0 Å². The second kappa shape index (κ2) is 11.1. The summed E-state index contributed by atoms with van der Waals surface area (Å²) < 4.78 is 0. The normalized spacial score (nSPS) is 12.5. The van der Waals surface area contributed by atoms with Crippen LogP contribution in [0.3, 0.4) is 0 Å². The topological polar surface area (TPSA) is 23.8 Å². The molecule has 3 rings (SSSR count). The standard InChI is InChI=1S/C17H15.C4H10N.2ClH.Ti/c1-12-7-8-15(11-12)17-10-9-14-5-3-4-6-16(14)13(17)2;1-4(2,3)5;;;/h3-7,9-11H,2,8H2,1H3;5H,1-3H3;2*1H;/q2*-1;;;+2/p-2. The summed E-state index contributed by atoms with van der Waals surface area (Å²) in [6, 6.07) is 12.8. The molecule has 0 saturated carbocycles. The predicted molar refractivity (Wildman–Crippen MR) is 98.8 cm³/mol. The van der Waals surface area contributed by atoms with Crippen LogP contribution in [0.4, 0.5) is 0 Å². The Bertz CT molecular complexity index is 737. The minimum absolute atomic E-state index is 0. The molecule has 25 heavy (non-hydrogen) atoms. The van der Waals surface area contributed by atoms with E-state index in [1.807, 2.05) is 20.8 Å². The molecule has 0 atom stereocenters. The van der Waals surface area contributed by atoms with Crippen LogP contribution >= 0.6 is 0 Å². The zero-order valence-corrected chi connectivity index (χ0v) is 18.4. The van der Waals surface area contributed by atoms with Crippen molar-refractivity contribution in [2.75, 3.05) is 0 Å². The fourth-order valence-electron chi connectivity index (χ4n) is 2.49. The second-order valence-corrected chi connectivity index (χ2v) is 6.88. The number of halogens is 2. The van der Waals surface area contributed by atoms with Crippen LogP contribution in [0.25, 0.3) is 22.1 Å². The molecule has 4 heteroatoms. The minimum Gasteiger partial charge on any atom is -1.00 e. The monoisotopic (exact) mass is 409 g/mol. The average molecular weight is 410 g/mol. The van der Waals surface area contributed by atoms with Crippen molar-refractivity contribution in [1.29, 1.82) is 0 Å². The van der Waals surface area contributed by atoms with E-state index >= 15 is 0 Å². The Balaban J connectivity index is 0. The van der Waals surface area contributed by atoms with Gasteiger partial charge in [0.1, 0.15) is 0 Å². The number of nitrogens with one attached hydrogen (secondary N) is 1.